The number of hydrogen-bond acceptors (Lipinski definition) is 5. The number of carbonyl (C=O) groups is 2. The second kappa shape index (κ2) is 5.16. The molecule has 2 aliphatic heterocycles. The smallest absolute Gasteiger partial charge is 0.282 e. The highest BCUT2D eigenvalue weighted by molar-refractivity contribution is 6.23. The molecule has 7 nitrogen and oxygen atoms in total. The monoisotopic (exact) mass is 323 g/mol. The second-order valence-corrected chi connectivity index (χ2v) is 5.78. The largest absolute Gasteiger partial charge is 0.353 e. The molecule has 2 aliphatic rings. The van der Waals surface area contributed by atoms with E-state index >= 15 is 0 Å². The van der Waals surface area contributed by atoms with Crippen LogP contribution in [0.5, 0.6) is 0 Å². The first-order chi connectivity index (χ1) is 11.6. The molecule has 0 atom stereocenters. The Balaban J connectivity index is 1.67. The maximum Gasteiger partial charge on any atom is 0.282 e. The van der Waals surface area contributed by atoms with Crippen LogP contribution in [0.25, 0.3) is 0 Å². The molecule has 0 N–H and O–H groups in total. The van der Waals surface area contributed by atoms with Gasteiger partial charge in [0.05, 0.1) is 10.5 Å². The predicted octanol–water partition coefficient (Wildman–Crippen LogP) is 2.21. The highest BCUT2D eigenvalue weighted by Gasteiger charge is 2.42. The molecule has 120 valence electrons. The highest BCUT2D eigenvalue weighted by atomic mass is 16.6. The van der Waals surface area contributed by atoms with Gasteiger partial charge in [-0.3, -0.25) is 24.6 Å². The third-order valence-corrected chi connectivity index (χ3v) is 4.47. The Bertz CT molecular complexity index is 893. The van der Waals surface area contributed by atoms with Crippen LogP contribution in [0.15, 0.2) is 42.5 Å². The molecule has 0 fully saturated rings. The number of rotatable bonds is 3. The summed E-state index contributed by atoms with van der Waals surface area (Å²) in [6, 6.07) is 12.0. The van der Waals surface area contributed by atoms with Crippen LogP contribution < -0.4 is 4.90 Å². The molecule has 0 radical (unpaired) electrons. The number of benzene rings is 2. The minimum Gasteiger partial charge on any atom is -0.353 e. The fourth-order valence-corrected chi connectivity index (χ4v) is 3.32. The molecular formula is C17H13N3O4. The maximum atomic E-state index is 12.6. The first kappa shape index (κ1) is 14.4. The second-order valence-electron chi connectivity index (χ2n) is 5.78. The quantitative estimate of drug-likeness (QED) is 0.491. The number of amides is 2. The third kappa shape index (κ3) is 1.98. The minimum absolute atomic E-state index is 0.0977. The van der Waals surface area contributed by atoms with E-state index in [1.54, 1.807) is 0 Å². The standard InChI is InChI=1S/C17H13N3O4/c21-16-12-5-3-7-14(20(23)24)15(12)17(22)19(16)10-18-9-8-11-4-1-2-6-13(11)18/h1-7H,8-10H2. The number of nitrogens with zero attached hydrogens (tertiary/aromatic N) is 3. The summed E-state index contributed by atoms with van der Waals surface area (Å²) in [7, 11) is 0. The SMILES string of the molecule is O=C1c2cccc([N+](=O)[O-])c2C(=O)N1CN1CCc2ccccc21. The molecule has 0 aliphatic carbocycles. The molecule has 0 bridgehead atoms. The molecule has 0 saturated heterocycles. The molecule has 0 saturated carbocycles. The Labute approximate surface area is 137 Å². The van der Waals surface area contributed by atoms with Crippen molar-refractivity contribution in [3.8, 4) is 0 Å². The molecule has 0 aromatic heterocycles. The van der Waals surface area contributed by atoms with Gasteiger partial charge >= 0.3 is 0 Å². The average molecular weight is 323 g/mol. The lowest BCUT2D eigenvalue weighted by Gasteiger charge is -2.24. The highest BCUT2D eigenvalue weighted by Crippen LogP contribution is 2.33. The predicted molar refractivity (Wildman–Crippen MR) is 86.0 cm³/mol. The van der Waals surface area contributed by atoms with Crippen molar-refractivity contribution in [3.05, 3.63) is 69.3 Å². The van der Waals surface area contributed by atoms with Gasteiger partial charge in [0.2, 0.25) is 0 Å². The lowest BCUT2D eigenvalue weighted by molar-refractivity contribution is -0.385. The minimum atomic E-state index is -0.626. The maximum absolute atomic E-state index is 12.6. The molecule has 2 aromatic carbocycles. The van der Waals surface area contributed by atoms with Gasteiger partial charge in [-0.25, -0.2) is 0 Å². The number of nitro groups is 1. The van der Waals surface area contributed by atoms with Crippen molar-refractivity contribution in [1.29, 1.82) is 0 Å². The normalized spacial score (nSPS) is 15.7. The molecule has 2 amide bonds. The number of hydrogen-bond donors (Lipinski definition) is 0. The van der Waals surface area contributed by atoms with Crippen molar-refractivity contribution in [2.24, 2.45) is 0 Å². The van der Waals surface area contributed by atoms with Gasteiger partial charge in [0.1, 0.15) is 12.2 Å². The number of para-hydroxylation sites is 1. The number of anilines is 1. The van der Waals surface area contributed by atoms with Crippen molar-refractivity contribution in [3.63, 3.8) is 0 Å². The zero-order chi connectivity index (χ0) is 16.8. The Morgan fingerprint density at radius 3 is 2.62 bits per heavy atom. The summed E-state index contributed by atoms with van der Waals surface area (Å²) in [5, 5.41) is 11.1. The fourth-order valence-electron chi connectivity index (χ4n) is 3.32. The summed E-state index contributed by atoms with van der Waals surface area (Å²) in [5.41, 5.74) is 1.82. The first-order valence-electron chi connectivity index (χ1n) is 7.54. The molecular weight excluding hydrogens is 310 g/mol. The number of imide groups is 1. The van der Waals surface area contributed by atoms with Crippen LogP contribution in [0.4, 0.5) is 11.4 Å². The van der Waals surface area contributed by atoms with Crippen molar-refractivity contribution < 1.29 is 14.5 Å². The average Bonchev–Trinajstić information content (AvgIpc) is 3.10. The van der Waals surface area contributed by atoms with Gasteiger partial charge in [0.15, 0.2) is 0 Å². The van der Waals surface area contributed by atoms with E-state index in [-0.39, 0.29) is 23.5 Å². The zero-order valence-electron chi connectivity index (χ0n) is 12.6. The van der Waals surface area contributed by atoms with E-state index in [9.17, 15) is 19.7 Å². The van der Waals surface area contributed by atoms with Crippen LogP contribution in [0.3, 0.4) is 0 Å². The van der Waals surface area contributed by atoms with Gasteiger partial charge < -0.3 is 4.90 Å². The van der Waals surface area contributed by atoms with E-state index in [0.29, 0.717) is 6.54 Å². The van der Waals surface area contributed by atoms with Crippen molar-refractivity contribution in [2.45, 2.75) is 6.42 Å². The van der Waals surface area contributed by atoms with Crippen LogP contribution in [0.1, 0.15) is 26.3 Å². The van der Waals surface area contributed by atoms with E-state index in [4.69, 9.17) is 0 Å². The topological polar surface area (TPSA) is 83.8 Å². The van der Waals surface area contributed by atoms with Crippen molar-refractivity contribution in [1.82, 2.24) is 4.90 Å². The third-order valence-electron chi connectivity index (χ3n) is 4.47. The Kier molecular flexibility index (Phi) is 3.09. The van der Waals surface area contributed by atoms with Crippen molar-refractivity contribution >= 4 is 23.2 Å². The summed E-state index contributed by atoms with van der Waals surface area (Å²) in [4.78, 5) is 38.7. The van der Waals surface area contributed by atoms with E-state index in [2.05, 4.69) is 0 Å². The molecule has 2 heterocycles. The Morgan fingerprint density at radius 1 is 1.04 bits per heavy atom. The summed E-state index contributed by atoms with van der Waals surface area (Å²) >= 11 is 0. The van der Waals surface area contributed by atoms with Gasteiger partial charge in [0.25, 0.3) is 17.5 Å². The number of fused-ring (bicyclic) bond motifs is 2. The van der Waals surface area contributed by atoms with E-state index in [1.165, 1.54) is 23.8 Å². The lowest BCUT2D eigenvalue weighted by Crippen LogP contribution is -2.40. The Morgan fingerprint density at radius 2 is 1.83 bits per heavy atom. The summed E-state index contributed by atoms with van der Waals surface area (Å²) in [6.07, 6.45) is 0.847. The molecule has 4 rings (SSSR count). The van der Waals surface area contributed by atoms with Gasteiger partial charge in [-0.1, -0.05) is 24.3 Å². The van der Waals surface area contributed by atoms with E-state index < -0.39 is 16.7 Å². The first-order valence-corrected chi connectivity index (χ1v) is 7.54. The van der Waals surface area contributed by atoms with Crippen LogP contribution in [0, 0.1) is 10.1 Å². The van der Waals surface area contributed by atoms with E-state index in [1.807, 2.05) is 29.2 Å². The van der Waals surface area contributed by atoms with E-state index in [0.717, 1.165) is 17.0 Å². The van der Waals surface area contributed by atoms with Crippen LogP contribution in [-0.4, -0.2) is 34.9 Å². The fraction of sp³-hybridized carbons (Fsp3) is 0.176. The Hall–Kier alpha value is -3.22. The number of nitro benzene ring substituents is 1. The summed E-state index contributed by atoms with van der Waals surface area (Å²) in [6.45, 7) is 0.801. The van der Waals surface area contributed by atoms with Gasteiger partial charge in [0, 0.05) is 18.3 Å². The van der Waals surface area contributed by atoms with Gasteiger partial charge in [-0.2, -0.15) is 0 Å². The summed E-state index contributed by atoms with van der Waals surface area (Å²) < 4.78 is 0. The molecule has 24 heavy (non-hydrogen) atoms. The molecule has 0 unspecified atom stereocenters. The van der Waals surface area contributed by atoms with Crippen molar-refractivity contribution in [2.75, 3.05) is 18.1 Å². The zero-order valence-corrected chi connectivity index (χ0v) is 12.6. The molecule has 0 spiro atoms. The summed E-state index contributed by atoms with van der Waals surface area (Å²) in [5.74, 6) is -1.09. The molecule has 7 heteroatoms. The van der Waals surface area contributed by atoms with Gasteiger partial charge in [-0.05, 0) is 24.1 Å². The van der Waals surface area contributed by atoms with Crippen LogP contribution in [-0.2, 0) is 6.42 Å². The van der Waals surface area contributed by atoms with Crippen LogP contribution in [0.2, 0.25) is 0 Å². The van der Waals surface area contributed by atoms with Crippen LogP contribution >= 0.6 is 0 Å². The molecule has 2 aromatic rings. The van der Waals surface area contributed by atoms with Gasteiger partial charge in [-0.15, -0.1) is 0 Å². The number of carbonyl (C=O) groups excluding carboxylic acids is 2. The lowest BCUT2D eigenvalue weighted by atomic mass is 10.1.